The Hall–Kier alpha value is -5.00. The van der Waals surface area contributed by atoms with Gasteiger partial charge in [0.2, 0.25) is 5.95 Å². The summed E-state index contributed by atoms with van der Waals surface area (Å²) in [5, 5.41) is 35.1. The second-order valence-electron chi connectivity index (χ2n) is 14.5. The number of carbonyl (C=O) groups excluding carboxylic acids is 2. The Balaban J connectivity index is 1.16. The van der Waals surface area contributed by atoms with E-state index >= 15 is 0 Å². The van der Waals surface area contributed by atoms with Crippen molar-refractivity contribution < 1.29 is 33.0 Å². The standard InChI is InChI=1S/C38H47F3N10O4/c1-2-17-50(35(54)38(39,40)41)28-19-29(32(53)31(28)52)51-22-44-30-33(43-16-12-24-10-6-7-11-27(24)23-8-4-3-5-9-23)47-36(48-34(30)51)49-18-14-26(21-49)46-37(55)45-25-13-15-42-20-25/h3-11,22,25-26,28-29,31-32,42,52-53H,2,12-21H2,1H3,(H,43,47,48)(H2,45,46,55)/t25?,26-,28+,29-,31-,32+/m1/s1. The van der Waals surface area contributed by atoms with Gasteiger partial charge in [0.15, 0.2) is 17.0 Å². The third-order valence-electron chi connectivity index (χ3n) is 10.7. The molecule has 1 aliphatic carbocycles. The van der Waals surface area contributed by atoms with Gasteiger partial charge >= 0.3 is 18.1 Å². The molecule has 0 bridgehead atoms. The smallest absolute Gasteiger partial charge is 0.388 e. The lowest BCUT2D eigenvalue weighted by molar-refractivity contribution is -0.190. The van der Waals surface area contributed by atoms with Crippen molar-refractivity contribution in [2.75, 3.05) is 49.5 Å². The van der Waals surface area contributed by atoms with Crippen LogP contribution in [0.3, 0.4) is 0 Å². The number of aliphatic hydroxyl groups excluding tert-OH is 2. The van der Waals surface area contributed by atoms with E-state index in [1.807, 2.05) is 35.2 Å². The lowest BCUT2D eigenvalue weighted by Crippen LogP contribution is -2.51. The second-order valence-corrected chi connectivity index (χ2v) is 14.5. The second kappa shape index (κ2) is 16.4. The number of hydrogen-bond acceptors (Lipinski definition) is 10. The van der Waals surface area contributed by atoms with Crippen molar-refractivity contribution in [1.29, 1.82) is 0 Å². The molecule has 3 aliphatic rings. The molecule has 4 heterocycles. The van der Waals surface area contributed by atoms with E-state index in [0.717, 1.165) is 36.2 Å². The molecule has 14 nitrogen and oxygen atoms in total. The van der Waals surface area contributed by atoms with Crippen molar-refractivity contribution >= 4 is 34.9 Å². The van der Waals surface area contributed by atoms with Crippen LogP contribution < -0.4 is 26.2 Å². The molecule has 55 heavy (non-hydrogen) atoms. The molecule has 3 fully saturated rings. The van der Waals surface area contributed by atoms with Crippen LogP contribution in [-0.4, -0.2) is 122 Å². The van der Waals surface area contributed by atoms with E-state index in [1.54, 1.807) is 11.5 Å². The zero-order chi connectivity index (χ0) is 38.7. The first-order valence-electron chi connectivity index (χ1n) is 18.9. The van der Waals surface area contributed by atoms with Crippen LogP contribution in [0, 0.1) is 0 Å². The lowest BCUT2D eigenvalue weighted by atomic mass is 9.98. The van der Waals surface area contributed by atoms with Crippen LogP contribution in [0.15, 0.2) is 60.9 Å². The van der Waals surface area contributed by atoms with E-state index in [1.165, 1.54) is 6.33 Å². The fraction of sp³-hybridized carbons (Fsp3) is 0.500. The number of alkyl halides is 3. The molecule has 4 aromatic rings. The number of nitrogens with one attached hydrogen (secondary N) is 4. The van der Waals surface area contributed by atoms with Gasteiger partial charge in [0, 0.05) is 44.8 Å². The highest BCUT2D eigenvalue weighted by atomic mass is 19.4. The Morgan fingerprint density at radius 2 is 1.76 bits per heavy atom. The Morgan fingerprint density at radius 3 is 2.51 bits per heavy atom. The summed E-state index contributed by atoms with van der Waals surface area (Å²) in [6.07, 6.45) is -4.63. The van der Waals surface area contributed by atoms with E-state index in [2.05, 4.69) is 50.5 Å². The van der Waals surface area contributed by atoms with E-state index in [9.17, 15) is 33.0 Å². The van der Waals surface area contributed by atoms with Crippen molar-refractivity contribution in [3.63, 3.8) is 0 Å². The first kappa shape index (κ1) is 38.3. The highest BCUT2D eigenvalue weighted by Gasteiger charge is 2.51. The van der Waals surface area contributed by atoms with Gasteiger partial charge < -0.3 is 45.8 Å². The fourth-order valence-corrected chi connectivity index (χ4v) is 8.01. The van der Waals surface area contributed by atoms with E-state index in [4.69, 9.17) is 9.97 Å². The lowest BCUT2D eigenvalue weighted by Gasteiger charge is -2.31. The minimum atomic E-state index is -5.14. The summed E-state index contributed by atoms with van der Waals surface area (Å²) in [7, 11) is 0. The van der Waals surface area contributed by atoms with Crippen LogP contribution in [0.4, 0.5) is 29.7 Å². The van der Waals surface area contributed by atoms with Crippen LogP contribution in [0.1, 0.15) is 44.2 Å². The van der Waals surface area contributed by atoms with Crippen LogP contribution in [-0.2, 0) is 11.2 Å². The van der Waals surface area contributed by atoms with Gasteiger partial charge in [-0.2, -0.15) is 23.1 Å². The molecule has 1 unspecified atom stereocenters. The third-order valence-corrected chi connectivity index (χ3v) is 10.7. The molecular formula is C38H47F3N10O4. The Bertz CT molecular complexity index is 1960. The molecule has 2 aromatic carbocycles. The van der Waals surface area contributed by atoms with Crippen molar-refractivity contribution in [2.24, 2.45) is 0 Å². The van der Waals surface area contributed by atoms with Crippen molar-refractivity contribution in [3.8, 4) is 11.1 Å². The first-order valence-corrected chi connectivity index (χ1v) is 18.9. The van der Waals surface area contributed by atoms with Gasteiger partial charge in [0.25, 0.3) is 0 Å². The number of amides is 3. The predicted molar refractivity (Wildman–Crippen MR) is 200 cm³/mol. The number of urea groups is 1. The molecular weight excluding hydrogens is 717 g/mol. The molecule has 0 spiro atoms. The molecule has 6 atom stereocenters. The fourth-order valence-electron chi connectivity index (χ4n) is 8.01. The van der Waals surface area contributed by atoms with Gasteiger partial charge in [-0.1, -0.05) is 61.5 Å². The first-order chi connectivity index (χ1) is 26.5. The van der Waals surface area contributed by atoms with Gasteiger partial charge in [0.1, 0.15) is 12.2 Å². The molecule has 6 N–H and O–H groups in total. The molecule has 7 rings (SSSR count). The van der Waals surface area contributed by atoms with Crippen LogP contribution in [0.2, 0.25) is 0 Å². The van der Waals surface area contributed by atoms with Gasteiger partial charge in [-0.3, -0.25) is 4.79 Å². The Kier molecular flexibility index (Phi) is 11.4. The van der Waals surface area contributed by atoms with Crippen LogP contribution in [0.25, 0.3) is 22.3 Å². The van der Waals surface area contributed by atoms with Crippen LogP contribution in [0.5, 0.6) is 0 Å². The molecule has 2 saturated heterocycles. The number of imidazole rings is 1. The normalized spacial score (nSPS) is 24.0. The van der Waals surface area contributed by atoms with E-state index in [0.29, 0.717) is 60.3 Å². The number of rotatable bonds is 12. The quantitative estimate of drug-likeness (QED) is 0.126. The molecule has 3 amide bonds. The number of anilines is 2. The minimum Gasteiger partial charge on any atom is -0.388 e. The predicted octanol–water partition coefficient (Wildman–Crippen LogP) is 3.22. The number of hydrogen-bond donors (Lipinski definition) is 6. The maximum Gasteiger partial charge on any atom is 0.471 e. The Labute approximate surface area is 316 Å². The zero-order valence-corrected chi connectivity index (χ0v) is 30.5. The maximum atomic E-state index is 13.6. The number of fused-ring (bicyclic) bond motifs is 1. The Morgan fingerprint density at radius 1 is 1.00 bits per heavy atom. The summed E-state index contributed by atoms with van der Waals surface area (Å²) >= 11 is 0. The molecule has 0 radical (unpaired) electrons. The highest BCUT2D eigenvalue weighted by molar-refractivity contribution is 5.85. The molecule has 2 aromatic heterocycles. The number of halogens is 3. The zero-order valence-electron chi connectivity index (χ0n) is 30.5. The topological polar surface area (TPSA) is 173 Å². The van der Waals surface area contributed by atoms with Gasteiger partial charge in [-0.05, 0) is 55.3 Å². The average molecular weight is 765 g/mol. The summed E-state index contributed by atoms with van der Waals surface area (Å²) < 4.78 is 42.4. The highest BCUT2D eigenvalue weighted by Crippen LogP contribution is 2.38. The number of aliphatic hydroxyl groups is 2. The van der Waals surface area contributed by atoms with E-state index < -0.39 is 36.4 Å². The average Bonchev–Trinajstić information content (AvgIpc) is 4.00. The molecule has 17 heteroatoms. The van der Waals surface area contributed by atoms with Gasteiger partial charge in [0.05, 0.1) is 18.4 Å². The van der Waals surface area contributed by atoms with Crippen LogP contribution >= 0.6 is 0 Å². The van der Waals surface area contributed by atoms with Gasteiger partial charge in [-0.15, -0.1) is 0 Å². The summed E-state index contributed by atoms with van der Waals surface area (Å²) in [5.41, 5.74) is 4.01. The third kappa shape index (κ3) is 8.33. The summed E-state index contributed by atoms with van der Waals surface area (Å²) in [5.74, 6) is -1.30. The number of nitrogens with zero attached hydrogens (tertiary/aromatic N) is 6. The minimum absolute atomic E-state index is 0.0708. The summed E-state index contributed by atoms with van der Waals surface area (Å²) in [6, 6.07) is 15.7. The number of benzene rings is 2. The van der Waals surface area contributed by atoms with Crippen molar-refractivity contribution in [1.82, 2.24) is 40.4 Å². The largest absolute Gasteiger partial charge is 0.471 e. The number of carbonyl (C=O) groups is 2. The summed E-state index contributed by atoms with van der Waals surface area (Å²) in [4.78, 5) is 42.1. The van der Waals surface area contributed by atoms with Crippen molar-refractivity contribution in [2.45, 2.75) is 81.6 Å². The SMILES string of the molecule is CCCN(C(=O)C(F)(F)F)[C@H]1C[C@@H](n2cnc3c(NCCc4ccccc4-c4ccccc4)nc(N4CC[C@@H](NC(=O)NC5CCNC5)C4)nc32)[C@H](O)[C@@H]1O. The molecule has 2 aliphatic heterocycles. The van der Waals surface area contributed by atoms with Crippen molar-refractivity contribution in [3.05, 3.63) is 66.5 Å². The summed E-state index contributed by atoms with van der Waals surface area (Å²) in [6.45, 7) is 4.42. The monoisotopic (exact) mass is 764 g/mol. The number of aromatic nitrogens is 4. The maximum absolute atomic E-state index is 13.6. The van der Waals surface area contributed by atoms with Gasteiger partial charge in [-0.25, -0.2) is 9.78 Å². The molecule has 1 saturated carbocycles. The van der Waals surface area contributed by atoms with E-state index in [-0.39, 0.29) is 37.5 Å². The molecule has 294 valence electrons.